The summed E-state index contributed by atoms with van der Waals surface area (Å²) in [6.45, 7) is 0.783. The zero-order valence-electron chi connectivity index (χ0n) is 7.73. The molecule has 2 rings (SSSR count). The van der Waals surface area contributed by atoms with Crippen LogP contribution in [0.25, 0.3) is 0 Å². The maximum Gasteiger partial charge on any atom is 0.275 e. The number of rotatable bonds is 1. The summed E-state index contributed by atoms with van der Waals surface area (Å²) >= 11 is 1.56. The molecule has 1 aliphatic heterocycles. The Bertz CT molecular complexity index is 384. The van der Waals surface area contributed by atoms with E-state index >= 15 is 0 Å². The molecule has 14 heavy (non-hydrogen) atoms. The van der Waals surface area contributed by atoms with Crippen molar-refractivity contribution < 1.29 is 4.79 Å². The molecule has 1 amide bonds. The zero-order chi connectivity index (χ0) is 9.97. The number of carbonyl (C=O) groups excluding carboxylic acids is 1. The Kier molecular flexibility index (Phi) is 2.53. The van der Waals surface area contributed by atoms with Gasteiger partial charge in [0.25, 0.3) is 5.91 Å². The van der Waals surface area contributed by atoms with E-state index < -0.39 is 0 Å². The molecule has 1 aliphatic rings. The number of amides is 1. The van der Waals surface area contributed by atoms with Gasteiger partial charge in [-0.05, 0) is 6.07 Å². The number of carbonyl (C=O) groups is 1. The molecule has 0 saturated carbocycles. The van der Waals surface area contributed by atoms with E-state index in [0.717, 1.165) is 12.3 Å². The Balaban J connectivity index is 2.06. The molecule has 0 fully saturated rings. The van der Waals surface area contributed by atoms with Crippen LogP contribution in [0.1, 0.15) is 10.5 Å². The second kappa shape index (κ2) is 3.83. The van der Waals surface area contributed by atoms with Crippen molar-refractivity contribution in [3.63, 3.8) is 0 Å². The van der Waals surface area contributed by atoms with E-state index in [-0.39, 0.29) is 5.91 Å². The normalized spacial score (nSPS) is 15.4. The van der Waals surface area contributed by atoms with Crippen LogP contribution in [0.4, 0.5) is 0 Å². The lowest BCUT2D eigenvalue weighted by molar-refractivity contribution is 0.0969. The lowest BCUT2D eigenvalue weighted by Crippen LogP contribution is -2.29. The number of nitrogens with zero attached hydrogens (tertiary/aromatic N) is 3. The lowest BCUT2D eigenvalue weighted by atomic mass is 10.4. The molecule has 1 aromatic rings. The van der Waals surface area contributed by atoms with E-state index in [1.807, 2.05) is 0 Å². The van der Waals surface area contributed by atoms with Crippen molar-refractivity contribution in [1.29, 1.82) is 0 Å². The topological polar surface area (TPSA) is 59.3 Å². The minimum Gasteiger partial charge on any atom is -0.300 e. The molecule has 6 heteroatoms. The van der Waals surface area contributed by atoms with E-state index in [1.165, 1.54) is 4.68 Å². The molecular weight excluding hydrogens is 200 g/mol. The monoisotopic (exact) mass is 210 g/mol. The average molecular weight is 210 g/mol. The molecule has 0 unspecified atom stereocenters. The van der Waals surface area contributed by atoms with Gasteiger partial charge in [-0.25, -0.2) is 0 Å². The number of aromatic nitrogens is 2. The minimum absolute atomic E-state index is 0.154. The van der Waals surface area contributed by atoms with Crippen LogP contribution < -0.4 is 5.32 Å². The van der Waals surface area contributed by atoms with Gasteiger partial charge in [0.15, 0.2) is 5.17 Å². The van der Waals surface area contributed by atoms with Gasteiger partial charge in [-0.3, -0.25) is 19.8 Å². The van der Waals surface area contributed by atoms with Crippen molar-refractivity contribution in [3.8, 4) is 0 Å². The molecular formula is C8H10N4OS. The molecule has 0 aromatic carbocycles. The first-order chi connectivity index (χ1) is 6.77. The zero-order valence-corrected chi connectivity index (χ0v) is 8.54. The Labute approximate surface area is 85.6 Å². The highest BCUT2D eigenvalue weighted by atomic mass is 32.2. The van der Waals surface area contributed by atoms with E-state index in [1.54, 1.807) is 31.1 Å². The van der Waals surface area contributed by atoms with E-state index in [2.05, 4.69) is 15.4 Å². The van der Waals surface area contributed by atoms with Gasteiger partial charge < -0.3 is 0 Å². The standard InChI is InChI=1S/C8H10N4OS/c1-12-6(2-3-10-12)7(13)11-8-9-4-5-14-8/h2-3H,4-5H2,1H3,(H,9,11,13). The average Bonchev–Trinajstić information content (AvgIpc) is 2.75. The van der Waals surface area contributed by atoms with Crippen molar-refractivity contribution in [1.82, 2.24) is 15.1 Å². The van der Waals surface area contributed by atoms with Crippen LogP contribution in [0, 0.1) is 0 Å². The van der Waals surface area contributed by atoms with Gasteiger partial charge in [0.1, 0.15) is 5.69 Å². The summed E-state index contributed by atoms with van der Waals surface area (Å²) in [6, 6.07) is 1.68. The number of nitrogens with one attached hydrogen (secondary N) is 1. The van der Waals surface area contributed by atoms with Gasteiger partial charge in [0.2, 0.25) is 0 Å². The summed E-state index contributed by atoms with van der Waals surface area (Å²) in [4.78, 5) is 15.7. The predicted octanol–water partition coefficient (Wildman–Crippen LogP) is 0.253. The highest BCUT2D eigenvalue weighted by Gasteiger charge is 2.14. The van der Waals surface area contributed by atoms with Gasteiger partial charge >= 0.3 is 0 Å². The second-order valence-corrected chi connectivity index (χ2v) is 3.91. The first-order valence-corrected chi connectivity index (χ1v) is 5.22. The molecule has 0 aliphatic carbocycles. The van der Waals surface area contributed by atoms with Gasteiger partial charge in [-0.15, -0.1) is 0 Å². The Hall–Kier alpha value is -1.30. The summed E-state index contributed by atoms with van der Waals surface area (Å²) < 4.78 is 1.54. The smallest absolute Gasteiger partial charge is 0.275 e. The third kappa shape index (κ3) is 1.79. The number of aliphatic imine (C=N–C) groups is 1. The summed E-state index contributed by atoms with van der Waals surface area (Å²) in [6.07, 6.45) is 1.60. The summed E-state index contributed by atoms with van der Waals surface area (Å²) in [5.41, 5.74) is 0.542. The number of aryl methyl sites for hydroxylation is 1. The van der Waals surface area contributed by atoms with Crippen molar-refractivity contribution in [2.24, 2.45) is 12.0 Å². The number of hydrogen-bond acceptors (Lipinski definition) is 4. The first-order valence-electron chi connectivity index (χ1n) is 4.24. The maximum atomic E-state index is 11.6. The van der Waals surface area contributed by atoms with Crippen LogP contribution in [0.2, 0.25) is 0 Å². The first kappa shape index (κ1) is 9.26. The van der Waals surface area contributed by atoms with Crippen molar-refractivity contribution in [3.05, 3.63) is 18.0 Å². The molecule has 0 atom stereocenters. The molecule has 2 heterocycles. The number of hydrogen-bond donors (Lipinski definition) is 1. The molecule has 1 N–H and O–H groups in total. The molecule has 0 saturated heterocycles. The van der Waals surface area contributed by atoms with Gasteiger partial charge in [0, 0.05) is 19.0 Å². The van der Waals surface area contributed by atoms with Crippen LogP contribution in [0.5, 0.6) is 0 Å². The Morgan fingerprint density at radius 3 is 3.14 bits per heavy atom. The van der Waals surface area contributed by atoms with Crippen molar-refractivity contribution >= 4 is 22.8 Å². The number of thioether (sulfide) groups is 1. The molecule has 5 nitrogen and oxygen atoms in total. The van der Waals surface area contributed by atoms with E-state index in [0.29, 0.717) is 10.9 Å². The Morgan fingerprint density at radius 1 is 1.71 bits per heavy atom. The molecule has 1 aromatic heterocycles. The highest BCUT2D eigenvalue weighted by molar-refractivity contribution is 8.14. The predicted molar refractivity (Wildman–Crippen MR) is 55.4 cm³/mol. The van der Waals surface area contributed by atoms with Crippen LogP contribution in [0.15, 0.2) is 17.3 Å². The lowest BCUT2D eigenvalue weighted by Gasteiger charge is -2.03. The minimum atomic E-state index is -0.154. The summed E-state index contributed by atoms with van der Waals surface area (Å²) in [7, 11) is 1.73. The third-order valence-electron chi connectivity index (χ3n) is 1.86. The summed E-state index contributed by atoms with van der Waals surface area (Å²) in [5, 5.41) is 7.36. The van der Waals surface area contributed by atoms with Crippen LogP contribution in [-0.2, 0) is 7.05 Å². The number of amidine groups is 1. The molecule has 0 radical (unpaired) electrons. The van der Waals surface area contributed by atoms with Gasteiger partial charge in [-0.2, -0.15) is 5.10 Å². The van der Waals surface area contributed by atoms with Gasteiger partial charge in [-0.1, -0.05) is 11.8 Å². The van der Waals surface area contributed by atoms with Gasteiger partial charge in [0.05, 0.1) is 6.54 Å². The third-order valence-corrected chi connectivity index (χ3v) is 2.75. The largest absolute Gasteiger partial charge is 0.300 e. The fourth-order valence-electron chi connectivity index (χ4n) is 1.17. The Morgan fingerprint density at radius 2 is 2.57 bits per heavy atom. The summed E-state index contributed by atoms with van der Waals surface area (Å²) in [5.74, 6) is 0.791. The fourth-order valence-corrected chi connectivity index (χ4v) is 1.89. The highest BCUT2D eigenvalue weighted by Crippen LogP contribution is 2.09. The van der Waals surface area contributed by atoms with Crippen molar-refractivity contribution in [2.75, 3.05) is 12.3 Å². The second-order valence-electron chi connectivity index (χ2n) is 2.83. The van der Waals surface area contributed by atoms with Crippen LogP contribution in [0.3, 0.4) is 0 Å². The molecule has 0 bridgehead atoms. The van der Waals surface area contributed by atoms with Crippen LogP contribution >= 0.6 is 11.8 Å². The maximum absolute atomic E-state index is 11.6. The molecule has 74 valence electrons. The van der Waals surface area contributed by atoms with Crippen molar-refractivity contribution in [2.45, 2.75) is 0 Å². The fraction of sp³-hybridized carbons (Fsp3) is 0.375. The molecule has 0 spiro atoms. The quantitative estimate of drug-likeness (QED) is 0.723. The SMILES string of the molecule is Cn1nccc1C(=O)NC1=NCCS1. The van der Waals surface area contributed by atoms with Crippen LogP contribution in [-0.4, -0.2) is 33.2 Å². The van der Waals surface area contributed by atoms with E-state index in [9.17, 15) is 4.79 Å². The van der Waals surface area contributed by atoms with E-state index in [4.69, 9.17) is 0 Å².